The Labute approximate surface area is 595 Å². The number of amides is 8. The number of hydrogen-bond acceptors (Lipinski definition) is 16. The van der Waals surface area contributed by atoms with Gasteiger partial charge in [-0.3, -0.25) is 57.6 Å². The number of thioether (sulfide) groups is 1. The van der Waals surface area contributed by atoms with E-state index < -0.39 is 149 Å². The largest absolute Gasteiger partial charge is 0.390 e. The standard InChI is InChI=1S/C74H134N10O13S/c1-26-54-42-63(87)65(66(88)51(16)29-30-84-31-34-97-35-32-84)82(25)74(96)64(50(14)15)81(24)72(94)59(40-48(10)11)79(22)71(93)58(39-47(8)9)78(21)68(90)53(18)75-67(89)52(17)41-61(85)56(37-45(4)5)76(19)70(92)55(49(12)13)43-62(86)57(38-46(6)7)77(20)73(95)60(80(23)69(54)91)44-98-36-33-83(27-2)28-3/h45-60,64-66,88H,26-44H2,1-25H3,(H,75,89)/t51-,52+,53+,54+,55-,56-,57+,58-,59-,60-,64-,65+,66-/m1/s1. The Kier molecular flexibility index (Phi) is 38.5. The predicted molar refractivity (Wildman–Crippen MR) is 388 cm³/mol. The lowest BCUT2D eigenvalue weighted by molar-refractivity contribution is -0.157. The van der Waals surface area contributed by atoms with E-state index in [1.807, 2.05) is 76.2 Å². The zero-order valence-electron chi connectivity index (χ0n) is 65.2. The van der Waals surface area contributed by atoms with Gasteiger partial charge in [-0.05, 0) is 107 Å². The second-order valence-corrected chi connectivity index (χ2v) is 31.9. The van der Waals surface area contributed by atoms with Crippen molar-refractivity contribution in [3.63, 3.8) is 0 Å². The lowest BCUT2D eigenvalue weighted by Crippen LogP contribution is -2.62. The van der Waals surface area contributed by atoms with Crippen LogP contribution in [0.4, 0.5) is 0 Å². The summed E-state index contributed by atoms with van der Waals surface area (Å²) in [4.78, 5) is 180. The highest BCUT2D eigenvalue weighted by Crippen LogP contribution is 2.30. The number of rotatable bonds is 23. The fourth-order valence-electron chi connectivity index (χ4n) is 13.6. The summed E-state index contributed by atoms with van der Waals surface area (Å²) in [5, 5.41) is 15.4. The van der Waals surface area contributed by atoms with Crippen LogP contribution in [-0.4, -0.2) is 282 Å². The highest BCUT2D eigenvalue weighted by Gasteiger charge is 2.47. The van der Waals surface area contributed by atoms with Gasteiger partial charge in [-0.1, -0.05) is 118 Å². The van der Waals surface area contributed by atoms with E-state index in [9.17, 15) is 24.3 Å². The van der Waals surface area contributed by atoms with E-state index in [1.165, 1.54) is 95.3 Å². The number of aliphatic hydroxyl groups is 1. The first-order chi connectivity index (χ1) is 45.6. The number of likely N-dealkylation sites (N-methyl/N-ethyl adjacent to an activating group) is 7. The molecular formula is C74H134N10O13S. The molecule has 2 aliphatic heterocycles. The van der Waals surface area contributed by atoms with E-state index in [2.05, 4.69) is 29.0 Å². The van der Waals surface area contributed by atoms with Crippen molar-refractivity contribution in [2.24, 2.45) is 59.2 Å². The Morgan fingerprint density at radius 2 is 0.929 bits per heavy atom. The molecule has 2 aliphatic rings. The van der Waals surface area contributed by atoms with Crippen LogP contribution in [0.3, 0.4) is 0 Å². The number of Topliss-reactive ketones (excluding diaryl/α,β-unsaturated/α-hetero) is 3. The smallest absolute Gasteiger partial charge is 0.246 e. The Hall–Kier alpha value is -5.04. The first kappa shape index (κ1) is 89.0. The van der Waals surface area contributed by atoms with Gasteiger partial charge in [0.1, 0.15) is 36.3 Å². The SMILES string of the molecule is CC[C@H]1CC(=O)[C@@H]([C@H](O)[C@H](C)CCN2CCOCC2)N(C)C(=O)[C@@H](C(C)C)N(C)C(=O)[C@@H](CC(C)C)N(C)C(=O)[C@@H](CC(C)C)N(C)C(=O)[C@H](C)NC(=O)[C@@H](C)CC(=O)[C@@H](CC(C)C)N(C)C(=O)[C@@H](C(C)C)CC(=O)[C@H](CC(C)C)N(C)C(=O)[C@@H](CSCCN(CC)CC)N(C)C1=O. The highest BCUT2D eigenvalue weighted by molar-refractivity contribution is 7.99. The van der Waals surface area contributed by atoms with Crippen LogP contribution in [0.25, 0.3) is 0 Å². The van der Waals surface area contributed by atoms with Crippen LogP contribution < -0.4 is 5.32 Å². The second kappa shape index (κ2) is 42.4. The molecule has 564 valence electrons. The fraction of sp³-hybridized carbons (Fsp3) is 0.851. The maximum Gasteiger partial charge on any atom is 0.246 e. The minimum Gasteiger partial charge on any atom is -0.390 e. The lowest BCUT2D eigenvalue weighted by atomic mass is 9.84. The maximum absolute atomic E-state index is 15.6. The molecule has 2 saturated heterocycles. The molecule has 8 amide bonds. The van der Waals surface area contributed by atoms with E-state index in [0.717, 1.165) is 13.1 Å². The third-order valence-corrected chi connectivity index (χ3v) is 21.4. The van der Waals surface area contributed by atoms with E-state index >= 15 is 33.6 Å². The molecule has 98 heavy (non-hydrogen) atoms. The first-order valence-corrected chi connectivity index (χ1v) is 37.8. The Morgan fingerprint density at radius 3 is 1.40 bits per heavy atom. The quantitative estimate of drug-likeness (QED) is 0.100. The molecule has 2 heterocycles. The van der Waals surface area contributed by atoms with Crippen molar-refractivity contribution in [1.82, 2.24) is 49.4 Å². The third-order valence-electron chi connectivity index (χ3n) is 20.3. The minimum absolute atomic E-state index is 0.0777. The molecule has 2 fully saturated rings. The number of nitrogens with zero attached hydrogens (tertiary/aromatic N) is 9. The molecule has 2 rings (SSSR count). The average Bonchev–Trinajstić information content (AvgIpc) is 0.803. The number of carbonyl (C=O) groups is 11. The van der Waals surface area contributed by atoms with Crippen LogP contribution in [0.15, 0.2) is 0 Å². The molecule has 23 nitrogen and oxygen atoms in total. The van der Waals surface area contributed by atoms with Gasteiger partial charge in [-0.15, -0.1) is 0 Å². The fourth-order valence-corrected chi connectivity index (χ4v) is 14.8. The van der Waals surface area contributed by atoms with Crippen molar-refractivity contribution in [2.75, 3.05) is 113 Å². The molecule has 0 bridgehead atoms. The molecule has 0 aromatic heterocycles. The third kappa shape index (κ3) is 25.8. The van der Waals surface area contributed by atoms with Crippen molar-refractivity contribution in [3.8, 4) is 0 Å². The topological polar surface area (TPSA) is 258 Å². The summed E-state index contributed by atoms with van der Waals surface area (Å²) in [6.45, 7) is 38.6. The maximum atomic E-state index is 15.6. The van der Waals surface area contributed by atoms with Gasteiger partial charge < -0.3 is 54.4 Å². The Morgan fingerprint density at radius 1 is 0.500 bits per heavy atom. The van der Waals surface area contributed by atoms with Crippen molar-refractivity contribution in [2.45, 2.75) is 237 Å². The zero-order chi connectivity index (χ0) is 75.1. The van der Waals surface area contributed by atoms with Gasteiger partial charge in [0, 0.05) is 117 Å². The number of ether oxygens (including phenoxy) is 1. The normalized spacial score (nSPS) is 27.1. The van der Waals surface area contributed by atoms with Gasteiger partial charge in [0.2, 0.25) is 47.3 Å². The summed E-state index contributed by atoms with van der Waals surface area (Å²) < 4.78 is 5.59. The summed E-state index contributed by atoms with van der Waals surface area (Å²) in [6.07, 6.45) is -1.05. The molecule has 0 saturated carbocycles. The summed E-state index contributed by atoms with van der Waals surface area (Å²) in [5.74, 6) is -10.1. The monoisotopic (exact) mass is 1400 g/mol. The van der Waals surface area contributed by atoms with Crippen molar-refractivity contribution < 1.29 is 62.6 Å². The summed E-state index contributed by atoms with van der Waals surface area (Å²) in [6, 6.07) is -9.36. The Balaban J connectivity index is 3.13. The average molecular weight is 1400 g/mol. The van der Waals surface area contributed by atoms with Gasteiger partial charge in [0.15, 0.2) is 17.3 Å². The van der Waals surface area contributed by atoms with Crippen LogP contribution >= 0.6 is 11.8 Å². The van der Waals surface area contributed by atoms with Crippen LogP contribution in [0.5, 0.6) is 0 Å². The molecular weight excluding hydrogens is 1270 g/mol. The highest BCUT2D eigenvalue weighted by atomic mass is 32.2. The second-order valence-electron chi connectivity index (χ2n) is 30.8. The summed E-state index contributed by atoms with van der Waals surface area (Å²) in [5.41, 5.74) is 0. The van der Waals surface area contributed by atoms with E-state index in [0.29, 0.717) is 51.6 Å². The first-order valence-electron chi connectivity index (χ1n) is 36.7. The van der Waals surface area contributed by atoms with E-state index in [4.69, 9.17) is 4.74 Å². The molecule has 24 heteroatoms. The molecule has 0 aliphatic carbocycles. The van der Waals surface area contributed by atoms with Crippen LogP contribution in [0.1, 0.15) is 182 Å². The van der Waals surface area contributed by atoms with Crippen LogP contribution in [-0.2, 0) is 57.5 Å². The molecule has 13 atom stereocenters. The minimum atomic E-state index is -1.52. The van der Waals surface area contributed by atoms with Gasteiger partial charge in [-0.2, -0.15) is 11.8 Å². The van der Waals surface area contributed by atoms with E-state index in [-0.39, 0.29) is 85.9 Å². The number of nitrogens with one attached hydrogen (secondary N) is 1. The van der Waals surface area contributed by atoms with E-state index in [1.54, 1.807) is 34.7 Å². The van der Waals surface area contributed by atoms with Crippen LogP contribution in [0.2, 0.25) is 0 Å². The van der Waals surface area contributed by atoms with Gasteiger partial charge in [-0.25, -0.2) is 0 Å². The molecule has 0 unspecified atom stereocenters. The van der Waals surface area contributed by atoms with Crippen molar-refractivity contribution in [1.29, 1.82) is 0 Å². The van der Waals surface area contributed by atoms with Crippen molar-refractivity contribution in [3.05, 3.63) is 0 Å². The van der Waals surface area contributed by atoms with Gasteiger partial charge in [0.25, 0.3) is 0 Å². The summed E-state index contributed by atoms with van der Waals surface area (Å²) in [7, 11) is 10.5. The lowest BCUT2D eigenvalue weighted by Gasteiger charge is -2.42. The molecule has 2 N–H and O–H groups in total. The van der Waals surface area contributed by atoms with Crippen molar-refractivity contribution >= 4 is 76.4 Å². The molecule has 0 aromatic rings. The van der Waals surface area contributed by atoms with Gasteiger partial charge in [0.05, 0.1) is 31.4 Å². The molecule has 0 radical (unpaired) electrons. The Bertz CT molecular complexity index is 2600. The molecule has 0 spiro atoms. The summed E-state index contributed by atoms with van der Waals surface area (Å²) >= 11 is 1.49. The number of aliphatic hydroxyl groups excluding tert-OH is 1. The van der Waals surface area contributed by atoms with Gasteiger partial charge >= 0.3 is 0 Å². The molecule has 0 aromatic carbocycles. The predicted octanol–water partition coefficient (Wildman–Crippen LogP) is 6.74. The zero-order valence-corrected chi connectivity index (χ0v) is 66.0. The number of ketones is 3. The number of hydrogen-bond donors (Lipinski definition) is 2. The number of carbonyl (C=O) groups excluding carboxylic acids is 11. The van der Waals surface area contributed by atoms with Crippen LogP contribution in [0, 0.1) is 59.2 Å². The number of morpholine rings is 1.